The van der Waals surface area contributed by atoms with E-state index in [1.54, 1.807) is 45.1 Å². The van der Waals surface area contributed by atoms with Crippen molar-refractivity contribution < 1.29 is 34.2 Å². The molecule has 6 N–H and O–H groups in total. The molecular formula is C33H34N4O7. The lowest BCUT2D eigenvalue weighted by atomic mass is 9.99. The number of aliphatic carboxylic acids is 2. The second-order valence-electron chi connectivity index (χ2n) is 10.7. The maximum atomic E-state index is 14.1. The number of aromatic amines is 2. The molecule has 11 nitrogen and oxygen atoms in total. The van der Waals surface area contributed by atoms with Crippen LogP contribution in [0.15, 0.2) is 52.9 Å². The molecule has 0 saturated heterocycles. The van der Waals surface area contributed by atoms with Crippen LogP contribution in [0.25, 0.3) is 18.2 Å². The van der Waals surface area contributed by atoms with Crippen LogP contribution in [0.2, 0.25) is 0 Å². The van der Waals surface area contributed by atoms with Crippen molar-refractivity contribution in [2.45, 2.75) is 53.4 Å². The molecule has 0 aliphatic carbocycles. The summed E-state index contributed by atoms with van der Waals surface area (Å²) in [6.45, 7) is 14.5. The first-order chi connectivity index (χ1) is 20.8. The van der Waals surface area contributed by atoms with Crippen molar-refractivity contribution in [1.82, 2.24) is 20.6 Å². The van der Waals surface area contributed by atoms with Crippen LogP contribution in [0.5, 0.6) is 0 Å². The lowest BCUT2D eigenvalue weighted by molar-refractivity contribution is -0.138. The fraction of sp³-hybridized carbons (Fsp3) is 0.242. The fourth-order valence-corrected chi connectivity index (χ4v) is 5.47. The molecular weight excluding hydrogens is 564 g/mol. The first-order valence-electron chi connectivity index (χ1n) is 13.9. The number of carbonyl (C=O) groups excluding carboxylic acids is 3. The third kappa shape index (κ3) is 5.89. The molecule has 2 amide bonds. The Morgan fingerprint density at radius 3 is 1.91 bits per heavy atom. The monoisotopic (exact) mass is 598 g/mol. The zero-order valence-corrected chi connectivity index (χ0v) is 25.0. The molecule has 0 aromatic carbocycles. The van der Waals surface area contributed by atoms with E-state index in [1.165, 1.54) is 0 Å². The van der Waals surface area contributed by atoms with E-state index in [9.17, 15) is 34.2 Å². The van der Waals surface area contributed by atoms with Gasteiger partial charge in [0.25, 0.3) is 11.8 Å². The molecule has 2 aliphatic heterocycles. The maximum absolute atomic E-state index is 14.1. The molecule has 0 saturated carbocycles. The summed E-state index contributed by atoms with van der Waals surface area (Å²) < 4.78 is 0. The largest absolute Gasteiger partial charge is 0.481 e. The molecule has 0 atom stereocenters. The van der Waals surface area contributed by atoms with E-state index in [1.807, 2.05) is 6.92 Å². The normalized spacial score (nSPS) is 16.6. The van der Waals surface area contributed by atoms with E-state index in [2.05, 4.69) is 33.8 Å². The van der Waals surface area contributed by atoms with E-state index in [0.29, 0.717) is 61.8 Å². The third-order valence-electron chi connectivity index (χ3n) is 8.02. The highest BCUT2D eigenvalue weighted by molar-refractivity contribution is 6.11. The molecule has 0 spiro atoms. The van der Waals surface area contributed by atoms with Gasteiger partial charge in [-0.05, 0) is 75.0 Å². The number of carboxylic acids is 2. The number of hydrogen-bond acceptors (Lipinski definition) is 5. The van der Waals surface area contributed by atoms with Crippen molar-refractivity contribution >= 4 is 47.8 Å². The van der Waals surface area contributed by atoms with Gasteiger partial charge in [-0.3, -0.25) is 24.0 Å². The van der Waals surface area contributed by atoms with Crippen LogP contribution in [-0.2, 0) is 25.6 Å². The molecule has 2 aromatic rings. The van der Waals surface area contributed by atoms with E-state index in [4.69, 9.17) is 0 Å². The number of rotatable bonds is 12. The summed E-state index contributed by atoms with van der Waals surface area (Å²) in [5, 5.41) is 24.1. The van der Waals surface area contributed by atoms with Gasteiger partial charge in [-0.2, -0.15) is 0 Å². The first kappa shape index (κ1) is 31.5. The average Bonchev–Trinajstić information content (AvgIpc) is 3.63. The number of hydrogen-bond donors (Lipinski definition) is 6. The quantitative estimate of drug-likeness (QED) is 0.195. The van der Waals surface area contributed by atoms with Gasteiger partial charge in [0.1, 0.15) is 0 Å². The second-order valence-corrected chi connectivity index (χ2v) is 10.7. The summed E-state index contributed by atoms with van der Waals surface area (Å²) in [6.07, 6.45) is 6.35. The van der Waals surface area contributed by atoms with Gasteiger partial charge in [-0.15, -0.1) is 0 Å². The second kappa shape index (κ2) is 12.4. The Morgan fingerprint density at radius 1 is 0.727 bits per heavy atom. The lowest BCUT2D eigenvalue weighted by Gasteiger charge is -2.06. The number of H-pyrrole nitrogens is 2. The Labute approximate surface area is 253 Å². The smallest absolute Gasteiger partial charge is 0.303 e. The van der Waals surface area contributed by atoms with Crippen LogP contribution in [-0.4, -0.2) is 49.7 Å². The average molecular weight is 599 g/mol. The van der Waals surface area contributed by atoms with Crippen LogP contribution >= 0.6 is 0 Å². The minimum absolute atomic E-state index is 0.107. The van der Waals surface area contributed by atoms with E-state index < -0.39 is 17.7 Å². The van der Waals surface area contributed by atoms with Gasteiger partial charge >= 0.3 is 11.9 Å². The Balaban J connectivity index is 1.81. The minimum atomic E-state index is -1.02. The summed E-state index contributed by atoms with van der Waals surface area (Å²) in [5.41, 5.74) is 6.94. The zero-order chi connectivity index (χ0) is 32.5. The Bertz CT molecular complexity index is 1790. The van der Waals surface area contributed by atoms with Crippen molar-refractivity contribution in [3.05, 3.63) is 97.9 Å². The summed E-state index contributed by atoms with van der Waals surface area (Å²) in [5.74, 6) is -3.01. The predicted octanol–water partition coefficient (Wildman–Crippen LogP) is 4.48. The van der Waals surface area contributed by atoms with E-state index >= 15 is 0 Å². The first-order valence-corrected chi connectivity index (χ1v) is 13.9. The summed E-state index contributed by atoms with van der Waals surface area (Å²) in [6, 6.07) is 0. The topological polar surface area (TPSA) is 181 Å². The highest BCUT2D eigenvalue weighted by atomic mass is 16.4. The van der Waals surface area contributed by atoms with Gasteiger partial charge in [0, 0.05) is 52.2 Å². The van der Waals surface area contributed by atoms with Crippen LogP contribution < -0.4 is 10.6 Å². The van der Waals surface area contributed by atoms with Gasteiger partial charge in [0.15, 0.2) is 0 Å². The third-order valence-corrected chi connectivity index (χ3v) is 8.02. The SMILES string of the molecule is C=CC1=C(C)C(=O)N/C1=C/c1[nH]c(C(=O)c2[nH]c(/C=C3/NC(=O)C(C)=C3CCC(=O)O)c(CCC(=O)O)c2C)c(C=C)c1C. The van der Waals surface area contributed by atoms with E-state index in [0.717, 1.165) is 5.56 Å². The molecule has 228 valence electrons. The molecule has 2 aliphatic rings. The van der Waals surface area contributed by atoms with E-state index in [-0.39, 0.29) is 48.9 Å². The Kier molecular flexibility index (Phi) is 8.89. The van der Waals surface area contributed by atoms with Gasteiger partial charge in [-0.25, -0.2) is 0 Å². The molecule has 44 heavy (non-hydrogen) atoms. The number of allylic oxidation sites excluding steroid dienone is 2. The van der Waals surface area contributed by atoms with Gasteiger partial charge in [-0.1, -0.05) is 25.3 Å². The van der Waals surface area contributed by atoms with Crippen LogP contribution in [0, 0.1) is 13.8 Å². The highest BCUT2D eigenvalue weighted by Crippen LogP contribution is 2.32. The van der Waals surface area contributed by atoms with Crippen molar-refractivity contribution in [1.29, 1.82) is 0 Å². The highest BCUT2D eigenvalue weighted by Gasteiger charge is 2.28. The van der Waals surface area contributed by atoms with Crippen molar-refractivity contribution in [2.75, 3.05) is 0 Å². The maximum Gasteiger partial charge on any atom is 0.303 e. The lowest BCUT2D eigenvalue weighted by Crippen LogP contribution is -2.15. The molecule has 0 radical (unpaired) electrons. The number of carboxylic acid groups (broad SMARTS) is 2. The van der Waals surface area contributed by atoms with Crippen molar-refractivity contribution in [3.8, 4) is 0 Å². The zero-order valence-electron chi connectivity index (χ0n) is 25.0. The number of aromatic nitrogens is 2. The van der Waals surface area contributed by atoms with Crippen molar-refractivity contribution in [2.24, 2.45) is 0 Å². The Morgan fingerprint density at radius 2 is 1.30 bits per heavy atom. The summed E-state index contributed by atoms with van der Waals surface area (Å²) >= 11 is 0. The molecule has 2 aromatic heterocycles. The molecule has 4 heterocycles. The molecule has 0 fully saturated rings. The molecule has 4 rings (SSSR count). The summed E-state index contributed by atoms with van der Waals surface area (Å²) in [7, 11) is 0. The Hall–Kier alpha value is -5.45. The van der Waals surface area contributed by atoms with Gasteiger partial charge < -0.3 is 30.8 Å². The van der Waals surface area contributed by atoms with Crippen LogP contribution in [0.4, 0.5) is 0 Å². The number of nitrogens with one attached hydrogen (secondary N) is 4. The number of carbonyl (C=O) groups is 5. The minimum Gasteiger partial charge on any atom is -0.481 e. The molecule has 0 bridgehead atoms. The van der Waals surface area contributed by atoms with Gasteiger partial charge in [0.2, 0.25) is 5.78 Å². The number of amides is 2. The fourth-order valence-electron chi connectivity index (χ4n) is 5.47. The number of ketones is 1. The van der Waals surface area contributed by atoms with Crippen LogP contribution in [0.3, 0.4) is 0 Å². The standard InChI is InChI=1S/C33H34N4O7/c1-7-19-17(5)32(43)36-24(19)13-23-15(3)20(8-2)30(34-23)31(42)29-16(4)21(9-11-27(38)39)25(35-29)14-26-22(10-12-28(40)41)18(6)33(44)37-26/h7-8,13-14,34-35H,1-2,9-12H2,3-6H3,(H,36,43)(H,37,44)(H,38,39)(H,40,41)/b24-13+,26-14+. The van der Waals surface area contributed by atoms with Crippen LogP contribution in [0.1, 0.15) is 82.9 Å². The van der Waals surface area contributed by atoms with Gasteiger partial charge in [0.05, 0.1) is 17.1 Å². The van der Waals surface area contributed by atoms with Crippen molar-refractivity contribution in [3.63, 3.8) is 0 Å². The predicted molar refractivity (Wildman–Crippen MR) is 165 cm³/mol. The summed E-state index contributed by atoms with van der Waals surface area (Å²) in [4.78, 5) is 67.7. The molecule has 11 heteroatoms. The molecule has 0 unspecified atom stereocenters.